The molecule has 1 rings (SSSR count). The average Bonchev–Trinajstić information content (AvgIpc) is 2.91. The first-order valence-electron chi connectivity index (χ1n) is 8.62. The van der Waals surface area contributed by atoms with Crippen LogP contribution in [0.1, 0.15) is 59.3 Å². The van der Waals surface area contributed by atoms with E-state index in [4.69, 9.17) is 5.73 Å². The fraction of sp³-hybridized carbons (Fsp3) is 0.941. The van der Waals surface area contributed by atoms with Crippen molar-refractivity contribution in [1.29, 1.82) is 0 Å². The highest BCUT2D eigenvalue weighted by atomic mass is 16.1. The lowest BCUT2D eigenvalue weighted by Crippen LogP contribution is -2.30. The monoisotopic (exact) mass is 297 g/mol. The Morgan fingerprint density at radius 2 is 1.90 bits per heavy atom. The van der Waals surface area contributed by atoms with Gasteiger partial charge in [-0.3, -0.25) is 4.79 Å². The fourth-order valence-corrected chi connectivity index (χ4v) is 3.14. The molecule has 0 bridgehead atoms. The van der Waals surface area contributed by atoms with Crippen LogP contribution in [0.25, 0.3) is 0 Å². The predicted molar refractivity (Wildman–Crippen MR) is 89.2 cm³/mol. The summed E-state index contributed by atoms with van der Waals surface area (Å²) in [5.41, 5.74) is 5.92. The van der Waals surface area contributed by atoms with E-state index in [0.29, 0.717) is 18.9 Å². The van der Waals surface area contributed by atoms with Crippen molar-refractivity contribution < 1.29 is 4.79 Å². The highest BCUT2D eigenvalue weighted by Gasteiger charge is 2.24. The molecule has 4 nitrogen and oxygen atoms in total. The third kappa shape index (κ3) is 7.82. The molecule has 1 atom stereocenters. The highest BCUT2D eigenvalue weighted by molar-refractivity contribution is 5.75. The second-order valence-corrected chi connectivity index (χ2v) is 7.43. The Bertz CT molecular complexity index is 293. The van der Waals surface area contributed by atoms with Gasteiger partial charge in [0.2, 0.25) is 5.91 Å². The second kappa shape index (κ2) is 9.42. The molecule has 0 saturated carbocycles. The van der Waals surface area contributed by atoms with Gasteiger partial charge in [0, 0.05) is 13.0 Å². The quantitative estimate of drug-likeness (QED) is 0.642. The van der Waals surface area contributed by atoms with Gasteiger partial charge in [-0.15, -0.1) is 0 Å². The van der Waals surface area contributed by atoms with E-state index in [9.17, 15) is 4.79 Å². The van der Waals surface area contributed by atoms with E-state index in [-0.39, 0.29) is 11.3 Å². The average molecular weight is 297 g/mol. The molecule has 1 unspecified atom stereocenters. The zero-order chi connectivity index (χ0) is 15.7. The molecule has 0 aromatic heterocycles. The maximum absolute atomic E-state index is 11.9. The topological polar surface area (TPSA) is 58.4 Å². The Kier molecular flexibility index (Phi) is 8.27. The lowest BCUT2D eigenvalue weighted by Gasteiger charge is -2.30. The van der Waals surface area contributed by atoms with Crippen LogP contribution in [0.4, 0.5) is 0 Å². The molecule has 4 heteroatoms. The number of nitrogens with zero attached hydrogens (tertiary/aromatic N) is 1. The molecule has 1 saturated heterocycles. The molecule has 1 heterocycles. The lowest BCUT2D eigenvalue weighted by atomic mass is 9.76. The summed E-state index contributed by atoms with van der Waals surface area (Å²) in [7, 11) is 0. The van der Waals surface area contributed by atoms with Crippen LogP contribution < -0.4 is 11.1 Å². The molecule has 0 aliphatic carbocycles. The summed E-state index contributed by atoms with van der Waals surface area (Å²) in [5.74, 6) is 0.723. The van der Waals surface area contributed by atoms with E-state index >= 15 is 0 Å². The fourth-order valence-electron chi connectivity index (χ4n) is 3.14. The van der Waals surface area contributed by atoms with Crippen molar-refractivity contribution >= 4 is 5.91 Å². The van der Waals surface area contributed by atoms with Crippen LogP contribution >= 0.6 is 0 Å². The number of carbonyl (C=O) groups is 1. The number of rotatable bonds is 9. The van der Waals surface area contributed by atoms with E-state index in [1.54, 1.807) is 0 Å². The molecule has 0 aromatic carbocycles. The van der Waals surface area contributed by atoms with Crippen molar-refractivity contribution in [3.63, 3.8) is 0 Å². The molecule has 1 aliphatic heterocycles. The van der Waals surface area contributed by atoms with Crippen LogP contribution in [-0.2, 0) is 4.79 Å². The Hall–Kier alpha value is -0.610. The summed E-state index contributed by atoms with van der Waals surface area (Å²) >= 11 is 0. The van der Waals surface area contributed by atoms with Crippen molar-refractivity contribution in [2.45, 2.75) is 59.3 Å². The van der Waals surface area contributed by atoms with E-state index in [1.165, 1.54) is 25.9 Å². The summed E-state index contributed by atoms with van der Waals surface area (Å²) in [5, 5.41) is 3.06. The van der Waals surface area contributed by atoms with Gasteiger partial charge in [-0.2, -0.15) is 0 Å². The minimum absolute atomic E-state index is 0.197. The summed E-state index contributed by atoms with van der Waals surface area (Å²) in [6, 6.07) is 0. The van der Waals surface area contributed by atoms with Gasteiger partial charge in [-0.05, 0) is 69.6 Å². The van der Waals surface area contributed by atoms with Gasteiger partial charge in [0.1, 0.15) is 0 Å². The number of amides is 1. The molecule has 124 valence electrons. The number of hydrogen-bond acceptors (Lipinski definition) is 3. The first kappa shape index (κ1) is 18.4. The first-order chi connectivity index (χ1) is 9.93. The molecule has 21 heavy (non-hydrogen) atoms. The van der Waals surface area contributed by atoms with Crippen LogP contribution in [0.2, 0.25) is 0 Å². The summed E-state index contributed by atoms with van der Waals surface area (Å²) in [6.07, 6.45) is 6.32. The third-order valence-corrected chi connectivity index (χ3v) is 4.63. The summed E-state index contributed by atoms with van der Waals surface area (Å²) in [4.78, 5) is 14.4. The van der Waals surface area contributed by atoms with Crippen molar-refractivity contribution in [2.75, 3.05) is 32.7 Å². The largest absolute Gasteiger partial charge is 0.356 e. The number of nitrogens with two attached hydrogens (primary N) is 1. The molecule has 0 aromatic rings. The first-order valence-corrected chi connectivity index (χ1v) is 8.62. The van der Waals surface area contributed by atoms with Gasteiger partial charge in [0.05, 0.1) is 0 Å². The van der Waals surface area contributed by atoms with Crippen molar-refractivity contribution in [3.8, 4) is 0 Å². The smallest absolute Gasteiger partial charge is 0.220 e. The molecule has 1 fully saturated rings. The van der Waals surface area contributed by atoms with E-state index in [2.05, 4.69) is 31.0 Å². The predicted octanol–water partition coefficient (Wildman–Crippen LogP) is 2.38. The summed E-state index contributed by atoms with van der Waals surface area (Å²) < 4.78 is 0. The molecule has 1 aliphatic rings. The SMILES string of the molecule is CC(C)(C)C(CCN)CCC(=O)NCCCN1CCCC1. The second-order valence-electron chi connectivity index (χ2n) is 7.43. The molecule has 0 radical (unpaired) electrons. The third-order valence-electron chi connectivity index (χ3n) is 4.63. The van der Waals surface area contributed by atoms with E-state index in [1.807, 2.05) is 0 Å². The zero-order valence-corrected chi connectivity index (χ0v) is 14.3. The normalized spacial score (nSPS) is 17.9. The van der Waals surface area contributed by atoms with E-state index < -0.39 is 0 Å². The van der Waals surface area contributed by atoms with E-state index in [0.717, 1.165) is 32.4 Å². The van der Waals surface area contributed by atoms with Gasteiger partial charge < -0.3 is 16.0 Å². The van der Waals surface area contributed by atoms with Crippen molar-refractivity contribution in [2.24, 2.45) is 17.1 Å². The van der Waals surface area contributed by atoms with Gasteiger partial charge in [-0.1, -0.05) is 20.8 Å². The molecule has 1 amide bonds. The van der Waals surface area contributed by atoms with Crippen LogP contribution in [-0.4, -0.2) is 43.5 Å². The van der Waals surface area contributed by atoms with Crippen LogP contribution in [0, 0.1) is 11.3 Å². The molecule has 3 N–H and O–H groups in total. The molecule has 0 spiro atoms. The standard InChI is InChI=1S/C17H35N3O/c1-17(2,3)15(9-10-18)7-8-16(21)19-11-6-14-20-12-4-5-13-20/h15H,4-14,18H2,1-3H3,(H,19,21). The molecular formula is C17H35N3O. The van der Waals surface area contributed by atoms with Crippen LogP contribution in [0.15, 0.2) is 0 Å². The van der Waals surface area contributed by atoms with Crippen molar-refractivity contribution in [1.82, 2.24) is 10.2 Å². The number of nitrogens with one attached hydrogen (secondary N) is 1. The maximum Gasteiger partial charge on any atom is 0.220 e. The number of likely N-dealkylation sites (tertiary alicyclic amines) is 1. The van der Waals surface area contributed by atoms with Gasteiger partial charge in [0.15, 0.2) is 0 Å². The van der Waals surface area contributed by atoms with Crippen LogP contribution in [0.3, 0.4) is 0 Å². The summed E-state index contributed by atoms with van der Waals surface area (Å²) in [6.45, 7) is 11.8. The minimum Gasteiger partial charge on any atom is -0.356 e. The van der Waals surface area contributed by atoms with Crippen LogP contribution in [0.5, 0.6) is 0 Å². The Labute approximate surface area is 130 Å². The highest BCUT2D eigenvalue weighted by Crippen LogP contribution is 2.31. The van der Waals surface area contributed by atoms with Gasteiger partial charge in [0.25, 0.3) is 0 Å². The minimum atomic E-state index is 0.197. The van der Waals surface area contributed by atoms with Gasteiger partial charge in [-0.25, -0.2) is 0 Å². The number of hydrogen-bond donors (Lipinski definition) is 2. The Morgan fingerprint density at radius 3 is 2.48 bits per heavy atom. The Morgan fingerprint density at radius 1 is 1.24 bits per heavy atom. The lowest BCUT2D eigenvalue weighted by molar-refractivity contribution is -0.121. The Balaban J connectivity index is 2.11. The molecular weight excluding hydrogens is 262 g/mol. The zero-order valence-electron chi connectivity index (χ0n) is 14.3. The van der Waals surface area contributed by atoms with Gasteiger partial charge >= 0.3 is 0 Å². The number of carbonyl (C=O) groups excluding carboxylic acids is 1. The van der Waals surface area contributed by atoms with Crippen molar-refractivity contribution in [3.05, 3.63) is 0 Å². The maximum atomic E-state index is 11.9.